The number of aryl methyl sites for hydroxylation is 2. The van der Waals surface area contributed by atoms with Gasteiger partial charge in [0, 0.05) is 25.7 Å². The summed E-state index contributed by atoms with van der Waals surface area (Å²) in [6, 6.07) is 0.665. The van der Waals surface area contributed by atoms with Crippen LogP contribution in [0.2, 0.25) is 5.02 Å². The molecule has 2 heterocycles. The third-order valence-corrected chi connectivity index (χ3v) is 4.90. The Morgan fingerprint density at radius 3 is 2.71 bits per heavy atom. The normalized spacial score (nSPS) is 19.8. The van der Waals surface area contributed by atoms with Crippen LogP contribution < -0.4 is 5.32 Å². The predicted molar refractivity (Wildman–Crippen MR) is 88.8 cm³/mol. The summed E-state index contributed by atoms with van der Waals surface area (Å²) in [5, 5.41) is 9.00. The summed E-state index contributed by atoms with van der Waals surface area (Å²) < 4.78 is 2.03. The molecule has 1 aliphatic rings. The van der Waals surface area contributed by atoms with Crippen molar-refractivity contribution in [2.75, 3.05) is 19.6 Å². The molecule has 0 bridgehead atoms. The van der Waals surface area contributed by atoms with Crippen LogP contribution in [0, 0.1) is 5.92 Å². The van der Waals surface area contributed by atoms with Crippen molar-refractivity contribution in [2.45, 2.75) is 59.7 Å². The second-order valence-electron chi connectivity index (χ2n) is 6.25. The van der Waals surface area contributed by atoms with Gasteiger partial charge in [0.05, 0.1) is 16.4 Å². The maximum absolute atomic E-state index is 6.44. The average Bonchev–Trinajstić information content (AvgIpc) is 3.05. The smallest absolute Gasteiger partial charge is 0.0863 e. The molecule has 5 heteroatoms. The van der Waals surface area contributed by atoms with E-state index in [1.54, 1.807) is 0 Å². The van der Waals surface area contributed by atoms with E-state index in [-0.39, 0.29) is 0 Å². The Hall–Kier alpha value is -0.580. The van der Waals surface area contributed by atoms with E-state index in [0.29, 0.717) is 6.04 Å². The van der Waals surface area contributed by atoms with Crippen molar-refractivity contribution in [3.63, 3.8) is 0 Å². The van der Waals surface area contributed by atoms with Gasteiger partial charge in [-0.15, -0.1) is 0 Å². The highest BCUT2D eigenvalue weighted by molar-refractivity contribution is 6.31. The minimum absolute atomic E-state index is 0.665. The summed E-state index contributed by atoms with van der Waals surface area (Å²) in [4.78, 5) is 2.56. The van der Waals surface area contributed by atoms with Crippen LogP contribution >= 0.6 is 11.6 Å². The molecule has 1 aromatic rings. The zero-order valence-electron chi connectivity index (χ0n) is 13.8. The molecule has 1 atom stereocenters. The maximum Gasteiger partial charge on any atom is 0.0863 e. The van der Waals surface area contributed by atoms with Crippen LogP contribution in [0.4, 0.5) is 0 Å². The lowest BCUT2D eigenvalue weighted by Gasteiger charge is -2.20. The summed E-state index contributed by atoms with van der Waals surface area (Å²) in [7, 11) is 0. The van der Waals surface area contributed by atoms with Gasteiger partial charge in [0.25, 0.3) is 0 Å². The van der Waals surface area contributed by atoms with Crippen LogP contribution in [0.1, 0.15) is 45.5 Å². The van der Waals surface area contributed by atoms with Gasteiger partial charge in [-0.1, -0.05) is 18.5 Å². The van der Waals surface area contributed by atoms with Gasteiger partial charge in [-0.25, -0.2) is 0 Å². The number of aromatic nitrogens is 2. The fourth-order valence-corrected chi connectivity index (χ4v) is 3.41. The minimum Gasteiger partial charge on any atom is -0.311 e. The highest BCUT2D eigenvalue weighted by Crippen LogP contribution is 2.22. The number of likely N-dealkylation sites (tertiary alicyclic amines) is 1. The van der Waals surface area contributed by atoms with E-state index in [1.807, 2.05) is 4.68 Å². The topological polar surface area (TPSA) is 33.1 Å². The molecule has 0 aromatic carbocycles. The molecule has 120 valence electrons. The molecule has 1 N–H and O–H groups in total. The molecular weight excluding hydrogens is 284 g/mol. The van der Waals surface area contributed by atoms with Crippen LogP contribution in [0.5, 0.6) is 0 Å². The van der Waals surface area contributed by atoms with Gasteiger partial charge in [-0.3, -0.25) is 4.68 Å². The standard InChI is InChI=1S/C16H29ClN4/c1-5-14-16(17)15(21(6-2)19-14)10-18-9-13-7-8-20(11-13)12(3)4/h12-13,18H,5-11H2,1-4H3. The van der Waals surface area contributed by atoms with Crippen LogP contribution in [0.3, 0.4) is 0 Å². The van der Waals surface area contributed by atoms with Crippen LogP contribution in [0.25, 0.3) is 0 Å². The molecule has 2 rings (SSSR count). The van der Waals surface area contributed by atoms with Gasteiger partial charge < -0.3 is 10.2 Å². The monoisotopic (exact) mass is 312 g/mol. The molecule has 0 spiro atoms. The minimum atomic E-state index is 0.665. The van der Waals surface area contributed by atoms with Crippen molar-refractivity contribution in [3.05, 3.63) is 16.4 Å². The van der Waals surface area contributed by atoms with E-state index in [9.17, 15) is 0 Å². The molecule has 0 amide bonds. The molecule has 1 aliphatic heterocycles. The first kappa shape index (κ1) is 16.8. The molecule has 1 aromatic heterocycles. The van der Waals surface area contributed by atoms with Gasteiger partial charge in [-0.2, -0.15) is 5.10 Å². The molecule has 1 fully saturated rings. The number of hydrogen-bond acceptors (Lipinski definition) is 3. The van der Waals surface area contributed by atoms with E-state index in [1.165, 1.54) is 19.5 Å². The van der Waals surface area contributed by atoms with E-state index in [4.69, 9.17) is 11.6 Å². The lowest BCUT2D eigenvalue weighted by atomic mass is 10.1. The molecule has 1 unspecified atom stereocenters. The zero-order valence-corrected chi connectivity index (χ0v) is 14.6. The van der Waals surface area contributed by atoms with Crippen molar-refractivity contribution in [1.82, 2.24) is 20.0 Å². The largest absolute Gasteiger partial charge is 0.311 e. The first-order valence-electron chi connectivity index (χ1n) is 8.25. The van der Waals surface area contributed by atoms with Crippen molar-refractivity contribution >= 4 is 11.6 Å². The number of nitrogens with one attached hydrogen (secondary N) is 1. The highest BCUT2D eigenvalue weighted by Gasteiger charge is 2.24. The quantitative estimate of drug-likeness (QED) is 0.840. The molecule has 21 heavy (non-hydrogen) atoms. The van der Waals surface area contributed by atoms with Crippen molar-refractivity contribution < 1.29 is 0 Å². The fourth-order valence-electron chi connectivity index (χ4n) is 3.08. The summed E-state index contributed by atoms with van der Waals surface area (Å²) >= 11 is 6.44. The summed E-state index contributed by atoms with van der Waals surface area (Å²) in [6.07, 6.45) is 2.19. The molecule has 1 saturated heterocycles. The Kier molecular flexibility index (Phi) is 6.08. The van der Waals surface area contributed by atoms with Gasteiger partial charge in [-0.05, 0) is 52.6 Å². The Morgan fingerprint density at radius 1 is 1.38 bits per heavy atom. The first-order valence-corrected chi connectivity index (χ1v) is 8.63. The summed E-state index contributed by atoms with van der Waals surface area (Å²) in [5.74, 6) is 0.759. The number of nitrogens with zero attached hydrogens (tertiary/aromatic N) is 3. The summed E-state index contributed by atoms with van der Waals surface area (Å²) in [6.45, 7) is 14.0. The molecule has 0 aliphatic carbocycles. The molecule has 0 saturated carbocycles. The van der Waals surface area contributed by atoms with E-state index in [0.717, 1.165) is 48.4 Å². The lowest BCUT2D eigenvalue weighted by Crippen LogP contribution is -2.30. The Morgan fingerprint density at radius 2 is 2.14 bits per heavy atom. The fraction of sp³-hybridized carbons (Fsp3) is 0.812. The maximum atomic E-state index is 6.44. The first-order chi connectivity index (χ1) is 10.1. The number of rotatable bonds is 7. The Bertz CT molecular complexity index is 455. The van der Waals surface area contributed by atoms with Gasteiger partial charge in [0.15, 0.2) is 0 Å². The molecule has 0 radical (unpaired) electrons. The predicted octanol–water partition coefficient (Wildman–Crippen LogP) is 2.94. The number of hydrogen-bond donors (Lipinski definition) is 1. The van der Waals surface area contributed by atoms with Crippen molar-refractivity contribution in [2.24, 2.45) is 5.92 Å². The van der Waals surface area contributed by atoms with Gasteiger partial charge in [0.2, 0.25) is 0 Å². The van der Waals surface area contributed by atoms with Crippen molar-refractivity contribution in [1.29, 1.82) is 0 Å². The van der Waals surface area contributed by atoms with Crippen molar-refractivity contribution in [3.8, 4) is 0 Å². The van der Waals surface area contributed by atoms with E-state index < -0.39 is 0 Å². The average molecular weight is 313 g/mol. The molecule has 4 nitrogen and oxygen atoms in total. The Balaban J connectivity index is 1.85. The second kappa shape index (κ2) is 7.61. The van der Waals surface area contributed by atoms with E-state index in [2.05, 4.69) is 43.0 Å². The Labute approximate surface area is 133 Å². The summed E-state index contributed by atoms with van der Waals surface area (Å²) in [5.41, 5.74) is 2.15. The zero-order chi connectivity index (χ0) is 15.4. The van der Waals surface area contributed by atoms with Crippen LogP contribution in [0.15, 0.2) is 0 Å². The number of halogens is 1. The van der Waals surface area contributed by atoms with E-state index >= 15 is 0 Å². The highest BCUT2D eigenvalue weighted by atomic mass is 35.5. The third kappa shape index (κ3) is 3.99. The van der Waals surface area contributed by atoms with Crippen LogP contribution in [-0.2, 0) is 19.5 Å². The lowest BCUT2D eigenvalue weighted by molar-refractivity contribution is 0.264. The second-order valence-corrected chi connectivity index (χ2v) is 6.63. The SMILES string of the molecule is CCc1nn(CC)c(CNCC2CCN(C(C)C)C2)c1Cl. The molecular formula is C16H29ClN4. The van der Waals surface area contributed by atoms with Gasteiger partial charge in [0.1, 0.15) is 0 Å². The third-order valence-electron chi connectivity index (χ3n) is 4.47. The van der Waals surface area contributed by atoms with Crippen LogP contribution in [-0.4, -0.2) is 40.4 Å². The van der Waals surface area contributed by atoms with Gasteiger partial charge >= 0.3 is 0 Å².